The van der Waals surface area contributed by atoms with E-state index in [0.717, 1.165) is 32.1 Å². The van der Waals surface area contributed by atoms with Gasteiger partial charge in [0.05, 0.1) is 22.7 Å². The molecule has 2 saturated carbocycles. The van der Waals surface area contributed by atoms with Gasteiger partial charge in [0.1, 0.15) is 22.8 Å². The molecule has 8 N–H and O–H groups in total. The van der Waals surface area contributed by atoms with Gasteiger partial charge in [0.15, 0.2) is 11.4 Å². The number of hydrogen-bond acceptors (Lipinski definition) is 10. The standard InChI is InChI=1S/C31H38N4O7/c1-34(2)19-14-15(8-11-30(33)9-6-5-7-10-30)24(36)21-17(19)12-16-13-18-23(35(3)4)26(38)22(29(32)41)28(40)31(18,42)27(39)20(16)25(21)37/h14,16,18,23,36-37,40,42H,5-7,9-10,12-13,33H2,1-4H3,(H2,32,41)/t16-,18-,23-,31-/m1/s1. The highest BCUT2D eigenvalue weighted by atomic mass is 16.3. The van der Waals surface area contributed by atoms with Crippen LogP contribution in [-0.4, -0.2) is 88.2 Å². The van der Waals surface area contributed by atoms with Crippen LogP contribution in [0.4, 0.5) is 5.69 Å². The average Bonchev–Trinajstić information content (AvgIpc) is 2.90. The first kappa shape index (κ1) is 29.6. The number of aliphatic hydroxyl groups excluding tert-OH is 2. The van der Waals surface area contributed by atoms with Gasteiger partial charge >= 0.3 is 0 Å². The van der Waals surface area contributed by atoms with Crippen LogP contribution in [0.15, 0.2) is 23.0 Å². The van der Waals surface area contributed by atoms with Crippen LogP contribution in [0.3, 0.4) is 0 Å². The molecule has 0 unspecified atom stereocenters. The predicted octanol–water partition coefficient (Wildman–Crippen LogP) is 1.04. The maximum atomic E-state index is 14.1. The van der Waals surface area contributed by atoms with Gasteiger partial charge in [-0.2, -0.15) is 0 Å². The topological polar surface area (TPSA) is 191 Å². The molecular formula is C31H38N4O7. The summed E-state index contributed by atoms with van der Waals surface area (Å²) < 4.78 is 0. The molecule has 0 bridgehead atoms. The Hall–Kier alpha value is -3.85. The first-order valence-corrected chi connectivity index (χ1v) is 14.2. The van der Waals surface area contributed by atoms with Crippen molar-refractivity contribution in [2.24, 2.45) is 23.3 Å². The second-order valence-electron chi connectivity index (χ2n) is 12.5. The van der Waals surface area contributed by atoms with Gasteiger partial charge in [-0.3, -0.25) is 19.3 Å². The lowest BCUT2D eigenvalue weighted by Gasteiger charge is -2.50. The Morgan fingerprint density at radius 2 is 1.71 bits per heavy atom. The fourth-order valence-corrected chi connectivity index (χ4v) is 7.29. The molecule has 2 fully saturated rings. The molecule has 1 aromatic carbocycles. The van der Waals surface area contributed by atoms with Gasteiger partial charge < -0.3 is 36.8 Å². The van der Waals surface area contributed by atoms with Gasteiger partial charge in [-0.1, -0.05) is 31.1 Å². The van der Waals surface area contributed by atoms with Gasteiger partial charge in [0.25, 0.3) is 5.91 Å². The van der Waals surface area contributed by atoms with E-state index in [1.165, 1.54) is 4.90 Å². The fraction of sp³-hybridized carbons (Fsp3) is 0.516. The van der Waals surface area contributed by atoms with Crippen molar-refractivity contribution >= 4 is 28.9 Å². The number of fused-ring (bicyclic) bond motifs is 3. The van der Waals surface area contributed by atoms with E-state index in [4.69, 9.17) is 11.5 Å². The smallest absolute Gasteiger partial charge is 0.255 e. The maximum Gasteiger partial charge on any atom is 0.255 e. The summed E-state index contributed by atoms with van der Waals surface area (Å²) in [6.45, 7) is 0. The molecule has 0 radical (unpaired) electrons. The largest absolute Gasteiger partial charge is 0.508 e. The van der Waals surface area contributed by atoms with Crippen molar-refractivity contribution in [1.82, 2.24) is 4.90 Å². The molecule has 4 aliphatic rings. The average molecular weight is 579 g/mol. The maximum absolute atomic E-state index is 14.1. The number of phenolic OH excluding ortho intramolecular Hbond substituents is 1. The predicted molar refractivity (Wildman–Crippen MR) is 155 cm³/mol. The molecule has 4 aliphatic carbocycles. The number of nitrogens with zero attached hydrogens (tertiary/aromatic N) is 2. The quantitative estimate of drug-likeness (QED) is 0.223. The van der Waals surface area contributed by atoms with Gasteiger partial charge in [-0.25, -0.2) is 0 Å². The number of anilines is 1. The molecule has 0 aliphatic heterocycles. The zero-order valence-electron chi connectivity index (χ0n) is 24.3. The molecule has 0 spiro atoms. The number of carbonyl (C=O) groups excluding carboxylic acids is 3. The summed E-state index contributed by atoms with van der Waals surface area (Å²) in [6.07, 6.45) is 4.71. The highest BCUT2D eigenvalue weighted by molar-refractivity contribution is 6.24. The Bertz CT molecular complexity index is 1520. The summed E-state index contributed by atoms with van der Waals surface area (Å²) in [6, 6.07) is 0.595. The summed E-state index contributed by atoms with van der Waals surface area (Å²) in [4.78, 5) is 42.8. The number of primary amides is 1. The van der Waals surface area contributed by atoms with E-state index in [0.29, 0.717) is 11.3 Å². The van der Waals surface area contributed by atoms with Crippen molar-refractivity contribution in [3.05, 3.63) is 39.7 Å². The van der Waals surface area contributed by atoms with E-state index in [1.54, 1.807) is 20.2 Å². The molecule has 4 atom stereocenters. The highest BCUT2D eigenvalue weighted by Crippen LogP contribution is 2.54. The number of aromatic hydroxyl groups is 1. The van der Waals surface area contributed by atoms with Crippen LogP contribution in [0.2, 0.25) is 0 Å². The molecule has 11 nitrogen and oxygen atoms in total. The van der Waals surface area contributed by atoms with Gasteiger partial charge in [0, 0.05) is 31.3 Å². The second kappa shape index (κ2) is 10.2. The molecule has 5 rings (SSSR count). The summed E-state index contributed by atoms with van der Waals surface area (Å²) in [5.74, 6) is -0.746. The van der Waals surface area contributed by atoms with Crippen LogP contribution >= 0.6 is 0 Å². The SMILES string of the molecule is CN(C)c1cc(C#CC2(N)CCCCC2)c(O)c2c1C[C@@H]1C[C@@H]3[C@@H](N(C)C)C(=O)C(C(N)=O)=C(O)[C@]3(O)C(=O)C1=C2O. The van der Waals surface area contributed by atoms with E-state index in [-0.39, 0.29) is 35.3 Å². The molecule has 0 aromatic heterocycles. The van der Waals surface area contributed by atoms with Gasteiger partial charge in [0.2, 0.25) is 5.78 Å². The molecule has 11 heteroatoms. The highest BCUT2D eigenvalue weighted by Gasteiger charge is 2.64. The molecule has 1 aromatic rings. The van der Waals surface area contributed by atoms with Crippen molar-refractivity contribution < 1.29 is 34.8 Å². The molecule has 42 heavy (non-hydrogen) atoms. The van der Waals surface area contributed by atoms with Gasteiger partial charge in [-0.15, -0.1) is 0 Å². The van der Waals surface area contributed by atoms with E-state index in [9.17, 15) is 34.8 Å². The lowest BCUT2D eigenvalue weighted by Crippen LogP contribution is -2.65. The third kappa shape index (κ3) is 4.28. The number of Topliss-reactive ketones (excluding diaryl/α,β-unsaturated/α-hetero) is 2. The summed E-state index contributed by atoms with van der Waals surface area (Å²) in [7, 11) is 6.76. The minimum Gasteiger partial charge on any atom is -0.508 e. The van der Waals surface area contributed by atoms with Crippen molar-refractivity contribution in [1.29, 1.82) is 0 Å². The van der Waals surface area contributed by atoms with Crippen LogP contribution in [-0.2, 0) is 20.8 Å². The third-order valence-electron chi connectivity index (χ3n) is 9.37. The van der Waals surface area contributed by atoms with E-state index in [2.05, 4.69) is 11.8 Å². The van der Waals surface area contributed by atoms with E-state index < -0.39 is 63.6 Å². The Balaban J connectivity index is 1.71. The Kier molecular flexibility index (Phi) is 7.16. The molecular weight excluding hydrogens is 540 g/mol. The van der Waals surface area contributed by atoms with Crippen LogP contribution in [0.1, 0.15) is 55.2 Å². The van der Waals surface area contributed by atoms with Crippen LogP contribution in [0.5, 0.6) is 5.75 Å². The van der Waals surface area contributed by atoms with Crippen molar-refractivity contribution in [3.63, 3.8) is 0 Å². The number of nitrogens with two attached hydrogens (primary N) is 2. The molecule has 0 saturated heterocycles. The van der Waals surface area contributed by atoms with E-state index in [1.807, 2.05) is 19.0 Å². The monoisotopic (exact) mass is 578 g/mol. The van der Waals surface area contributed by atoms with Crippen molar-refractivity contribution in [2.75, 3.05) is 33.1 Å². The lowest BCUT2D eigenvalue weighted by atomic mass is 9.57. The first-order chi connectivity index (χ1) is 19.6. The van der Waals surface area contributed by atoms with Crippen molar-refractivity contribution in [2.45, 2.75) is 62.1 Å². The number of amides is 1. The molecule has 0 heterocycles. The summed E-state index contributed by atoms with van der Waals surface area (Å²) in [5, 5.41) is 45.9. The zero-order valence-corrected chi connectivity index (χ0v) is 24.3. The van der Waals surface area contributed by atoms with Crippen LogP contribution in [0.25, 0.3) is 5.76 Å². The molecule has 224 valence electrons. The van der Waals surface area contributed by atoms with Gasteiger partial charge in [-0.05, 0) is 57.3 Å². The Morgan fingerprint density at radius 3 is 2.29 bits per heavy atom. The summed E-state index contributed by atoms with van der Waals surface area (Å²) in [5.41, 5.74) is 8.97. The minimum atomic E-state index is -2.69. The third-order valence-corrected chi connectivity index (χ3v) is 9.37. The molecule has 1 amide bonds. The number of carbonyl (C=O) groups is 3. The number of hydrogen-bond donors (Lipinski definition) is 6. The second-order valence-corrected chi connectivity index (χ2v) is 12.5. The fourth-order valence-electron chi connectivity index (χ4n) is 7.29. The number of likely N-dealkylation sites (N-methyl/N-ethyl adjacent to an activating group) is 1. The number of ketones is 2. The van der Waals surface area contributed by atoms with Crippen LogP contribution in [0, 0.1) is 23.7 Å². The zero-order chi connectivity index (χ0) is 30.9. The number of rotatable bonds is 3. The Labute approximate surface area is 244 Å². The summed E-state index contributed by atoms with van der Waals surface area (Å²) >= 11 is 0. The van der Waals surface area contributed by atoms with Crippen molar-refractivity contribution in [3.8, 4) is 17.6 Å². The number of benzene rings is 1. The Morgan fingerprint density at radius 1 is 1.07 bits per heavy atom. The first-order valence-electron chi connectivity index (χ1n) is 14.2. The van der Waals surface area contributed by atoms with E-state index >= 15 is 0 Å². The lowest BCUT2D eigenvalue weighted by molar-refractivity contribution is -0.153. The minimum absolute atomic E-state index is 0.0107. The van der Waals surface area contributed by atoms with Crippen LogP contribution < -0.4 is 16.4 Å². The number of phenols is 1. The number of aliphatic hydroxyl groups is 3. The normalized spacial score (nSPS) is 28.5.